The molecule has 0 unspecified atom stereocenters. The van der Waals surface area contributed by atoms with Crippen molar-refractivity contribution < 1.29 is 9.85 Å². The molecule has 4 rings (SSSR count). The summed E-state index contributed by atoms with van der Waals surface area (Å²) >= 11 is 1.23. The van der Waals surface area contributed by atoms with Gasteiger partial charge in [0.2, 0.25) is 5.13 Å². The van der Waals surface area contributed by atoms with Crippen LogP contribution in [0.4, 0.5) is 16.5 Å². The van der Waals surface area contributed by atoms with Gasteiger partial charge < -0.3 is 0 Å². The number of nitro groups is 2. The number of hydrogen-bond donors (Lipinski definition) is 0. The summed E-state index contributed by atoms with van der Waals surface area (Å²) in [6, 6.07) is 12.8. The van der Waals surface area contributed by atoms with E-state index in [0.717, 1.165) is 11.6 Å². The van der Waals surface area contributed by atoms with E-state index in [-0.39, 0.29) is 11.3 Å². The van der Waals surface area contributed by atoms with E-state index >= 15 is 0 Å². The summed E-state index contributed by atoms with van der Waals surface area (Å²) in [6.45, 7) is 0. The highest BCUT2D eigenvalue weighted by atomic mass is 32.1. The molecular formula is C18H11N7O4S. The number of rotatable bonds is 6. The average Bonchev–Trinajstić information content (AvgIpc) is 3.42. The third kappa shape index (κ3) is 3.79. The lowest BCUT2D eigenvalue weighted by Gasteiger charge is -2.00. The van der Waals surface area contributed by atoms with Gasteiger partial charge in [-0.2, -0.15) is 5.10 Å². The molecule has 12 heteroatoms. The smallest absolute Gasteiger partial charge is 0.258 e. The van der Waals surface area contributed by atoms with Gasteiger partial charge in [-0.3, -0.25) is 20.2 Å². The van der Waals surface area contributed by atoms with Crippen molar-refractivity contribution in [1.82, 2.24) is 19.7 Å². The minimum atomic E-state index is -0.689. The van der Waals surface area contributed by atoms with Crippen molar-refractivity contribution in [2.24, 2.45) is 4.99 Å². The van der Waals surface area contributed by atoms with Crippen molar-refractivity contribution in [2.45, 2.75) is 0 Å². The van der Waals surface area contributed by atoms with Gasteiger partial charge in [-0.15, -0.1) is 0 Å². The van der Waals surface area contributed by atoms with Gasteiger partial charge in [0.1, 0.15) is 23.3 Å². The number of aromatic nitrogens is 4. The van der Waals surface area contributed by atoms with Gasteiger partial charge in [-0.05, 0) is 6.07 Å². The number of benzene rings is 2. The quantitative estimate of drug-likeness (QED) is 0.260. The van der Waals surface area contributed by atoms with Crippen LogP contribution >= 0.6 is 11.3 Å². The molecule has 4 aromatic rings. The van der Waals surface area contributed by atoms with Crippen LogP contribution in [0, 0.1) is 20.2 Å². The number of non-ortho nitro benzene ring substituents is 1. The molecule has 2 heterocycles. The molecule has 0 atom stereocenters. The van der Waals surface area contributed by atoms with Gasteiger partial charge in [-0.1, -0.05) is 41.7 Å². The second kappa shape index (κ2) is 7.97. The lowest BCUT2D eigenvalue weighted by molar-refractivity contribution is -0.394. The van der Waals surface area contributed by atoms with Crippen molar-refractivity contribution >= 4 is 34.1 Å². The average molecular weight is 421 g/mol. The Morgan fingerprint density at radius 2 is 1.87 bits per heavy atom. The molecule has 0 amide bonds. The summed E-state index contributed by atoms with van der Waals surface area (Å²) in [5, 5.41) is 27.3. The second-order valence-electron chi connectivity index (χ2n) is 5.87. The third-order valence-corrected chi connectivity index (χ3v) is 4.96. The first-order valence-corrected chi connectivity index (χ1v) is 9.23. The van der Waals surface area contributed by atoms with E-state index < -0.39 is 15.5 Å². The van der Waals surface area contributed by atoms with Gasteiger partial charge in [0, 0.05) is 17.8 Å². The first-order chi connectivity index (χ1) is 14.5. The van der Waals surface area contributed by atoms with Crippen LogP contribution in [0.3, 0.4) is 0 Å². The van der Waals surface area contributed by atoms with E-state index in [4.69, 9.17) is 0 Å². The van der Waals surface area contributed by atoms with Crippen molar-refractivity contribution in [3.63, 3.8) is 0 Å². The van der Waals surface area contributed by atoms with Crippen LogP contribution < -0.4 is 0 Å². The van der Waals surface area contributed by atoms with Crippen LogP contribution in [0.1, 0.15) is 5.56 Å². The maximum Gasteiger partial charge on any atom is 0.285 e. The Hall–Kier alpha value is -4.32. The van der Waals surface area contributed by atoms with Crippen LogP contribution in [0.5, 0.6) is 0 Å². The molecule has 0 fully saturated rings. The van der Waals surface area contributed by atoms with E-state index in [1.54, 1.807) is 4.68 Å². The maximum atomic E-state index is 11.3. The number of aliphatic imine (C=N–C) groups is 1. The van der Waals surface area contributed by atoms with Crippen molar-refractivity contribution in [3.8, 4) is 16.3 Å². The van der Waals surface area contributed by atoms with Gasteiger partial charge in [-0.25, -0.2) is 19.6 Å². The summed E-state index contributed by atoms with van der Waals surface area (Å²) in [4.78, 5) is 33.5. The van der Waals surface area contributed by atoms with Gasteiger partial charge in [0.15, 0.2) is 0 Å². The lowest BCUT2D eigenvalue weighted by Crippen LogP contribution is -1.97. The van der Waals surface area contributed by atoms with E-state index in [0.29, 0.717) is 15.8 Å². The molecule has 0 aliphatic heterocycles. The highest BCUT2D eigenvalue weighted by Crippen LogP contribution is 2.35. The Kier molecular flexibility index (Phi) is 5.05. The number of nitrogens with zero attached hydrogens (tertiary/aromatic N) is 7. The molecule has 0 saturated carbocycles. The lowest BCUT2D eigenvalue weighted by atomic mass is 10.2. The standard InChI is InChI=1S/C18H11N7O4S/c26-24(27)14-7-6-13(15(8-14)25(28)29)9-20-18-22-16(12-4-2-1-3-5-12)17(30-18)23-11-19-10-21-23/h1-11H. The summed E-state index contributed by atoms with van der Waals surface area (Å²) in [6.07, 6.45) is 4.20. The van der Waals surface area contributed by atoms with Crippen LogP contribution in [-0.2, 0) is 0 Å². The molecule has 2 aromatic heterocycles. The van der Waals surface area contributed by atoms with Gasteiger partial charge in [0.25, 0.3) is 11.4 Å². The van der Waals surface area contributed by atoms with Crippen molar-refractivity contribution in [3.05, 3.63) is 87.0 Å². The molecule has 148 valence electrons. The molecule has 0 spiro atoms. The summed E-state index contributed by atoms with van der Waals surface area (Å²) in [5.74, 6) is 0. The first kappa shape index (κ1) is 19.0. The molecule has 0 bridgehead atoms. The summed E-state index contributed by atoms with van der Waals surface area (Å²) < 4.78 is 1.56. The van der Waals surface area contributed by atoms with Crippen LogP contribution in [0.2, 0.25) is 0 Å². The SMILES string of the molecule is O=[N+]([O-])c1ccc(C=Nc2nc(-c3ccccc3)c(-n3cncn3)s2)c([N+](=O)[O-])c1. The van der Waals surface area contributed by atoms with E-state index in [1.807, 2.05) is 30.3 Å². The molecule has 0 radical (unpaired) electrons. The Morgan fingerprint density at radius 3 is 2.53 bits per heavy atom. The van der Waals surface area contributed by atoms with Crippen molar-refractivity contribution in [2.75, 3.05) is 0 Å². The minimum absolute atomic E-state index is 0.129. The molecular weight excluding hydrogens is 410 g/mol. The Labute approximate surface area is 172 Å². The zero-order chi connectivity index (χ0) is 21.1. The van der Waals surface area contributed by atoms with Crippen LogP contribution in [-0.4, -0.2) is 35.8 Å². The monoisotopic (exact) mass is 421 g/mol. The van der Waals surface area contributed by atoms with Crippen LogP contribution in [0.25, 0.3) is 16.3 Å². The molecule has 0 saturated heterocycles. The second-order valence-corrected chi connectivity index (χ2v) is 6.83. The van der Waals surface area contributed by atoms with Crippen molar-refractivity contribution in [1.29, 1.82) is 0 Å². The normalized spacial score (nSPS) is 11.1. The third-order valence-electron chi connectivity index (χ3n) is 4.01. The molecule has 0 N–H and O–H groups in total. The molecule has 0 aliphatic rings. The summed E-state index contributed by atoms with van der Waals surface area (Å²) in [5.41, 5.74) is 0.833. The summed E-state index contributed by atoms with van der Waals surface area (Å²) in [7, 11) is 0. The Bertz CT molecular complexity index is 1250. The fraction of sp³-hybridized carbons (Fsp3) is 0. The van der Waals surface area contributed by atoms with Gasteiger partial charge in [0.05, 0.1) is 21.5 Å². The van der Waals surface area contributed by atoms with Gasteiger partial charge >= 0.3 is 0 Å². The molecule has 2 aromatic carbocycles. The zero-order valence-corrected chi connectivity index (χ0v) is 15.8. The predicted octanol–water partition coefficient (Wildman–Crippen LogP) is 3.96. The molecule has 30 heavy (non-hydrogen) atoms. The largest absolute Gasteiger partial charge is 0.285 e. The fourth-order valence-electron chi connectivity index (χ4n) is 2.65. The fourth-order valence-corrected chi connectivity index (χ4v) is 3.51. The van der Waals surface area contributed by atoms with E-state index in [1.165, 1.54) is 42.3 Å². The molecule has 11 nitrogen and oxygen atoms in total. The maximum absolute atomic E-state index is 11.3. The van der Waals surface area contributed by atoms with E-state index in [2.05, 4.69) is 20.1 Å². The number of nitro benzene ring substituents is 2. The minimum Gasteiger partial charge on any atom is -0.258 e. The van der Waals surface area contributed by atoms with Crippen LogP contribution in [0.15, 0.2) is 66.2 Å². The highest BCUT2D eigenvalue weighted by Gasteiger charge is 2.19. The highest BCUT2D eigenvalue weighted by molar-refractivity contribution is 7.18. The number of hydrogen-bond acceptors (Lipinski definition) is 9. The Morgan fingerprint density at radius 1 is 1.07 bits per heavy atom. The molecule has 0 aliphatic carbocycles. The number of thiazole rings is 1. The zero-order valence-electron chi connectivity index (χ0n) is 15.0. The first-order valence-electron chi connectivity index (χ1n) is 8.41. The topological polar surface area (TPSA) is 142 Å². The predicted molar refractivity (Wildman–Crippen MR) is 109 cm³/mol. The Balaban J connectivity index is 1.75. The van der Waals surface area contributed by atoms with E-state index in [9.17, 15) is 20.2 Å².